The summed E-state index contributed by atoms with van der Waals surface area (Å²) >= 11 is 0. The molecular weight excluding hydrogens is 282 g/mol. The summed E-state index contributed by atoms with van der Waals surface area (Å²) in [5, 5.41) is 3.08. The van der Waals surface area contributed by atoms with Crippen LogP contribution in [-0.4, -0.2) is 5.91 Å². The number of carbonyl (C=O) groups excluding carboxylic acids is 1. The Morgan fingerprint density at radius 1 is 1.00 bits per heavy atom. The van der Waals surface area contributed by atoms with Gasteiger partial charge in [-0.1, -0.05) is 48.0 Å². The minimum atomic E-state index is 0.0724. The summed E-state index contributed by atoms with van der Waals surface area (Å²) in [6, 6.07) is 12.9. The molecule has 2 heteroatoms. The number of anilines is 1. The predicted octanol–water partition coefficient (Wildman–Crippen LogP) is 4.84. The molecule has 1 heterocycles. The molecule has 0 spiro atoms. The molecule has 0 radical (unpaired) electrons. The van der Waals surface area contributed by atoms with Crippen molar-refractivity contribution in [2.45, 2.75) is 26.7 Å². The topological polar surface area (TPSA) is 29.1 Å². The highest BCUT2D eigenvalue weighted by Gasteiger charge is 2.28. The number of hydrogen-bond donors (Lipinski definition) is 1. The maximum absolute atomic E-state index is 12.4. The molecule has 2 aliphatic rings. The molecule has 23 heavy (non-hydrogen) atoms. The Balaban J connectivity index is 1.90. The molecule has 2 aromatic carbocycles. The number of nitrogens with one attached hydrogen (secondary N) is 1. The zero-order valence-electron chi connectivity index (χ0n) is 13.4. The van der Waals surface area contributed by atoms with Crippen molar-refractivity contribution in [2.24, 2.45) is 0 Å². The summed E-state index contributed by atoms with van der Waals surface area (Å²) in [4.78, 5) is 12.4. The van der Waals surface area contributed by atoms with Gasteiger partial charge in [-0.25, -0.2) is 0 Å². The van der Waals surface area contributed by atoms with Crippen molar-refractivity contribution in [1.82, 2.24) is 0 Å². The molecule has 1 amide bonds. The number of allylic oxidation sites excluding steroid dienone is 2. The molecule has 2 nitrogen and oxygen atoms in total. The zero-order valence-corrected chi connectivity index (χ0v) is 13.4. The number of amides is 1. The van der Waals surface area contributed by atoms with Crippen LogP contribution in [-0.2, 0) is 11.2 Å². The molecule has 1 aliphatic carbocycles. The second-order valence-electron chi connectivity index (χ2n) is 6.32. The molecule has 1 aliphatic heterocycles. The Morgan fingerprint density at radius 2 is 1.83 bits per heavy atom. The Labute approximate surface area is 136 Å². The van der Waals surface area contributed by atoms with Crippen molar-refractivity contribution in [3.8, 4) is 0 Å². The van der Waals surface area contributed by atoms with Crippen molar-refractivity contribution in [3.05, 3.63) is 70.3 Å². The molecule has 0 unspecified atom stereocenters. The number of carbonyl (C=O) groups is 1. The van der Waals surface area contributed by atoms with Gasteiger partial charge in [-0.15, -0.1) is 0 Å². The fourth-order valence-corrected chi connectivity index (χ4v) is 3.62. The highest BCUT2D eigenvalue weighted by atomic mass is 16.1. The Bertz CT molecular complexity index is 887. The molecule has 114 valence electrons. The molecular formula is C21H19NO. The molecule has 4 rings (SSSR count). The van der Waals surface area contributed by atoms with Crippen molar-refractivity contribution in [3.63, 3.8) is 0 Å². The van der Waals surface area contributed by atoms with Crippen LogP contribution in [0.15, 0.2) is 42.5 Å². The van der Waals surface area contributed by atoms with Crippen molar-refractivity contribution in [1.29, 1.82) is 0 Å². The lowest BCUT2D eigenvalue weighted by Crippen LogP contribution is -2.11. The van der Waals surface area contributed by atoms with Crippen LogP contribution in [0.2, 0.25) is 0 Å². The lowest BCUT2D eigenvalue weighted by atomic mass is 9.97. The maximum atomic E-state index is 12.4. The average molecular weight is 301 g/mol. The van der Waals surface area contributed by atoms with Crippen molar-refractivity contribution >= 4 is 28.8 Å². The number of fused-ring (bicyclic) bond motifs is 4. The van der Waals surface area contributed by atoms with Crippen LogP contribution < -0.4 is 5.32 Å². The first kappa shape index (κ1) is 14.0. The number of rotatable bonds is 1. The zero-order chi connectivity index (χ0) is 16.0. The smallest absolute Gasteiger partial charge is 0.228 e. The van der Waals surface area contributed by atoms with Gasteiger partial charge in [-0.3, -0.25) is 4.79 Å². The van der Waals surface area contributed by atoms with Crippen LogP contribution in [0.1, 0.15) is 41.2 Å². The first-order chi connectivity index (χ1) is 11.2. The predicted molar refractivity (Wildman–Crippen MR) is 96.1 cm³/mol. The van der Waals surface area contributed by atoms with E-state index < -0.39 is 0 Å². The van der Waals surface area contributed by atoms with Gasteiger partial charge in [0.15, 0.2) is 0 Å². The van der Waals surface area contributed by atoms with Crippen LogP contribution in [0.4, 0.5) is 5.69 Å². The first-order valence-electron chi connectivity index (χ1n) is 8.04. The monoisotopic (exact) mass is 301 g/mol. The van der Waals surface area contributed by atoms with E-state index in [1.54, 1.807) is 0 Å². The lowest BCUT2D eigenvalue weighted by molar-refractivity contribution is -0.115. The van der Waals surface area contributed by atoms with E-state index in [9.17, 15) is 4.79 Å². The van der Waals surface area contributed by atoms with Gasteiger partial charge in [0, 0.05) is 11.3 Å². The largest absolute Gasteiger partial charge is 0.325 e. The van der Waals surface area contributed by atoms with Crippen LogP contribution in [0.25, 0.3) is 17.2 Å². The summed E-state index contributed by atoms with van der Waals surface area (Å²) in [5.41, 5.74) is 9.52. The fourth-order valence-electron chi connectivity index (χ4n) is 3.62. The Morgan fingerprint density at radius 3 is 2.65 bits per heavy atom. The Kier molecular flexibility index (Phi) is 3.19. The molecule has 0 saturated carbocycles. The van der Waals surface area contributed by atoms with Crippen LogP contribution in [0.3, 0.4) is 0 Å². The van der Waals surface area contributed by atoms with E-state index in [0.29, 0.717) is 6.42 Å². The molecule has 0 fully saturated rings. The summed E-state index contributed by atoms with van der Waals surface area (Å²) in [6.07, 6.45) is 5.44. The van der Waals surface area contributed by atoms with Gasteiger partial charge in [0.1, 0.15) is 0 Å². The normalized spacial score (nSPS) is 16.0. The third-order valence-corrected chi connectivity index (χ3v) is 4.66. The van der Waals surface area contributed by atoms with E-state index in [2.05, 4.69) is 54.7 Å². The molecule has 0 bridgehead atoms. The van der Waals surface area contributed by atoms with E-state index in [1.807, 2.05) is 13.0 Å². The van der Waals surface area contributed by atoms with Gasteiger partial charge in [0.05, 0.1) is 6.42 Å². The summed E-state index contributed by atoms with van der Waals surface area (Å²) in [5.74, 6) is 0.0724. The van der Waals surface area contributed by atoms with Gasteiger partial charge in [0.25, 0.3) is 0 Å². The molecule has 0 saturated heterocycles. The minimum absolute atomic E-state index is 0.0724. The van der Waals surface area contributed by atoms with Gasteiger partial charge < -0.3 is 5.32 Å². The van der Waals surface area contributed by atoms with Gasteiger partial charge in [-0.05, 0) is 54.2 Å². The maximum Gasteiger partial charge on any atom is 0.228 e. The van der Waals surface area contributed by atoms with Crippen molar-refractivity contribution in [2.75, 3.05) is 5.32 Å². The van der Waals surface area contributed by atoms with Crippen LogP contribution >= 0.6 is 0 Å². The average Bonchev–Trinajstić information content (AvgIpc) is 2.79. The number of benzene rings is 2. The summed E-state index contributed by atoms with van der Waals surface area (Å²) in [7, 11) is 0. The number of hydrogen-bond acceptors (Lipinski definition) is 1. The fraction of sp³-hybridized carbons (Fsp3) is 0.190. The minimum Gasteiger partial charge on any atom is -0.325 e. The number of aryl methyl sites for hydroxylation is 1. The second-order valence-corrected chi connectivity index (χ2v) is 6.32. The third kappa shape index (κ3) is 2.31. The van der Waals surface area contributed by atoms with Crippen LogP contribution in [0, 0.1) is 6.92 Å². The molecule has 2 aromatic rings. The molecule has 0 atom stereocenters. The van der Waals surface area contributed by atoms with Crippen molar-refractivity contribution < 1.29 is 4.79 Å². The summed E-state index contributed by atoms with van der Waals surface area (Å²) in [6.45, 7) is 4.10. The first-order valence-corrected chi connectivity index (χ1v) is 8.04. The quantitative estimate of drug-likeness (QED) is 0.802. The second kappa shape index (κ2) is 5.24. The highest BCUT2D eigenvalue weighted by molar-refractivity contribution is 6.12. The van der Waals surface area contributed by atoms with Gasteiger partial charge >= 0.3 is 0 Å². The van der Waals surface area contributed by atoms with Crippen LogP contribution in [0.5, 0.6) is 0 Å². The van der Waals surface area contributed by atoms with E-state index in [0.717, 1.165) is 23.2 Å². The van der Waals surface area contributed by atoms with Gasteiger partial charge in [0.2, 0.25) is 5.91 Å². The summed E-state index contributed by atoms with van der Waals surface area (Å²) < 4.78 is 0. The van der Waals surface area contributed by atoms with E-state index >= 15 is 0 Å². The molecule has 1 N–H and O–H groups in total. The van der Waals surface area contributed by atoms with Gasteiger partial charge in [-0.2, -0.15) is 0 Å². The standard InChI is InChI=1S/C21H19NO/c1-3-4-14-6-8-16-18-11-15-7-5-13(2)9-17(15)19(18)12-21(23)22-20(16)10-14/h3-10H,11-12H2,1-2H3,(H,22,23)/b4-3+. The lowest BCUT2D eigenvalue weighted by Gasteiger charge is -2.11. The Hall–Kier alpha value is -2.61. The van der Waals surface area contributed by atoms with E-state index in [-0.39, 0.29) is 5.91 Å². The van der Waals surface area contributed by atoms with E-state index in [4.69, 9.17) is 0 Å². The highest BCUT2D eigenvalue weighted by Crippen LogP contribution is 2.44. The SMILES string of the molecule is C/C=C/c1ccc2c(c1)NC(=O)CC1=C2Cc2ccc(C)cc21. The molecule has 0 aromatic heterocycles. The van der Waals surface area contributed by atoms with E-state index in [1.165, 1.54) is 27.8 Å². The third-order valence-electron chi connectivity index (χ3n) is 4.66.